The van der Waals surface area contributed by atoms with Crippen LogP contribution in [0.1, 0.15) is 36.0 Å². The summed E-state index contributed by atoms with van der Waals surface area (Å²) in [4.78, 5) is 3.69. The summed E-state index contributed by atoms with van der Waals surface area (Å²) in [7, 11) is 0. The van der Waals surface area contributed by atoms with E-state index in [1.165, 1.54) is 17.7 Å². The summed E-state index contributed by atoms with van der Waals surface area (Å²) in [5.41, 5.74) is 0.984. The maximum atomic E-state index is 8.73. The third-order valence-electron chi connectivity index (χ3n) is 3.13. The van der Waals surface area contributed by atoms with Crippen molar-refractivity contribution in [1.29, 1.82) is 0 Å². The van der Waals surface area contributed by atoms with Gasteiger partial charge in [-0.2, -0.15) is 0 Å². The van der Waals surface area contributed by atoms with E-state index >= 15 is 0 Å². The highest BCUT2D eigenvalue weighted by molar-refractivity contribution is 7.10. The zero-order valence-electron chi connectivity index (χ0n) is 12.3. The Labute approximate surface area is 130 Å². The average Bonchev–Trinajstić information content (AvgIpc) is 3.14. The van der Waals surface area contributed by atoms with Gasteiger partial charge in [0.15, 0.2) is 0 Å². The summed E-state index contributed by atoms with van der Waals surface area (Å²) in [6.45, 7) is 4.92. The highest BCUT2D eigenvalue weighted by atomic mass is 32.1. The van der Waals surface area contributed by atoms with Gasteiger partial charge in [-0.1, -0.05) is 25.2 Å². The van der Waals surface area contributed by atoms with Crippen molar-refractivity contribution < 1.29 is 9.52 Å². The van der Waals surface area contributed by atoms with Crippen LogP contribution in [-0.2, 0) is 13.1 Å². The minimum absolute atomic E-state index is 0.0910. The van der Waals surface area contributed by atoms with Gasteiger partial charge >= 0.3 is 0 Å². The highest BCUT2D eigenvalue weighted by Crippen LogP contribution is 2.18. The molecule has 1 N–H and O–H groups in total. The van der Waals surface area contributed by atoms with E-state index in [4.69, 9.17) is 9.52 Å². The summed E-state index contributed by atoms with van der Waals surface area (Å²) in [6.07, 6.45) is 4.09. The monoisotopic (exact) mass is 303 g/mol. The molecule has 2 heterocycles. The van der Waals surface area contributed by atoms with E-state index < -0.39 is 0 Å². The lowest BCUT2D eigenvalue weighted by atomic mass is 10.2. The third kappa shape index (κ3) is 5.39. The van der Waals surface area contributed by atoms with Crippen LogP contribution in [0.5, 0.6) is 0 Å². The minimum Gasteiger partial charge on any atom is -0.468 e. The van der Waals surface area contributed by atoms with E-state index in [-0.39, 0.29) is 6.61 Å². The zero-order valence-corrected chi connectivity index (χ0v) is 13.2. The van der Waals surface area contributed by atoms with E-state index in [9.17, 15) is 0 Å². The molecule has 0 atom stereocenters. The molecule has 21 heavy (non-hydrogen) atoms. The number of hydrogen-bond acceptors (Lipinski definition) is 4. The Kier molecular flexibility index (Phi) is 6.55. The Bertz CT molecular complexity index is 577. The molecule has 0 aliphatic carbocycles. The van der Waals surface area contributed by atoms with Gasteiger partial charge in [-0.25, -0.2) is 0 Å². The second-order valence-corrected chi connectivity index (χ2v) is 5.90. The Morgan fingerprint density at radius 3 is 3.00 bits per heavy atom. The van der Waals surface area contributed by atoms with Crippen LogP contribution in [0.25, 0.3) is 0 Å². The largest absolute Gasteiger partial charge is 0.468 e. The predicted molar refractivity (Wildman–Crippen MR) is 86.0 cm³/mol. The van der Waals surface area contributed by atoms with Crippen LogP contribution < -0.4 is 0 Å². The molecule has 3 nitrogen and oxygen atoms in total. The van der Waals surface area contributed by atoms with Crippen molar-refractivity contribution in [2.45, 2.75) is 32.9 Å². The summed E-state index contributed by atoms with van der Waals surface area (Å²) in [5, 5.41) is 10.8. The fourth-order valence-electron chi connectivity index (χ4n) is 2.11. The van der Waals surface area contributed by atoms with E-state index in [1.807, 2.05) is 17.5 Å². The van der Waals surface area contributed by atoms with Gasteiger partial charge in [0.2, 0.25) is 0 Å². The Hall–Kier alpha value is -1.54. The van der Waals surface area contributed by atoms with E-state index in [0.717, 1.165) is 31.0 Å². The number of hydrogen-bond donors (Lipinski definition) is 1. The van der Waals surface area contributed by atoms with E-state index in [2.05, 4.69) is 29.7 Å². The van der Waals surface area contributed by atoms with Gasteiger partial charge in [0.25, 0.3) is 0 Å². The molecular formula is C17H21NO2S. The number of furan rings is 1. The molecule has 2 aromatic heterocycles. The molecule has 2 rings (SSSR count). The molecule has 0 saturated heterocycles. The van der Waals surface area contributed by atoms with Crippen LogP contribution in [0.3, 0.4) is 0 Å². The van der Waals surface area contributed by atoms with Crippen molar-refractivity contribution >= 4 is 11.3 Å². The van der Waals surface area contributed by atoms with Crippen LogP contribution in [0, 0.1) is 11.8 Å². The Balaban J connectivity index is 1.98. The molecule has 112 valence electrons. The highest BCUT2D eigenvalue weighted by Gasteiger charge is 2.10. The van der Waals surface area contributed by atoms with Crippen molar-refractivity contribution in [2.75, 3.05) is 13.2 Å². The lowest BCUT2D eigenvalue weighted by Gasteiger charge is -2.20. The number of aliphatic hydroxyl groups is 1. The Morgan fingerprint density at radius 1 is 1.38 bits per heavy atom. The first-order chi connectivity index (χ1) is 10.3. The predicted octanol–water partition coefficient (Wildman–Crippen LogP) is 3.49. The SMILES string of the molecule is CCCCN(Cc1ccco1)Cc1cc(C#CCO)cs1. The topological polar surface area (TPSA) is 36.6 Å². The van der Waals surface area contributed by atoms with Gasteiger partial charge in [-0.15, -0.1) is 11.3 Å². The average molecular weight is 303 g/mol. The van der Waals surface area contributed by atoms with Gasteiger partial charge in [0, 0.05) is 22.4 Å². The van der Waals surface area contributed by atoms with Crippen molar-refractivity contribution in [3.05, 3.63) is 46.0 Å². The van der Waals surface area contributed by atoms with Crippen molar-refractivity contribution in [2.24, 2.45) is 0 Å². The molecule has 0 radical (unpaired) electrons. The van der Waals surface area contributed by atoms with Crippen molar-refractivity contribution in [3.8, 4) is 11.8 Å². The van der Waals surface area contributed by atoms with Crippen LogP contribution >= 0.6 is 11.3 Å². The van der Waals surface area contributed by atoms with E-state index in [0.29, 0.717) is 0 Å². The van der Waals surface area contributed by atoms with E-state index in [1.54, 1.807) is 17.6 Å². The first-order valence-corrected chi connectivity index (χ1v) is 8.11. The first kappa shape index (κ1) is 15.8. The summed E-state index contributed by atoms with van der Waals surface area (Å²) in [5.74, 6) is 6.64. The molecule has 0 amide bonds. The third-order valence-corrected chi connectivity index (χ3v) is 4.05. The number of thiophene rings is 1. The van der Waals surface area contributed by atoms with Crippen LogP contribution in [0.15, 0.2) is 34.3 Å². The number of aliphatic hydroxyl groups excluding tert-OH is 1. The van der Waals surface area contributed by atoms with Gasteiger partial charge in [-0.05, 0) is 31.2 Å². The number of unbranched alkanes of at least 4 members (excludes halogenated alkanes) is 1. The summed E-state index contributed by atoms with van der Waals surface area (Å²) >= 11 is 1.72. The first-order valence-electron chi connectivity index (χ1n) is 7.23. The molecule has 0 aromatic carbocycles. The van der Waals surface area contributed by atoms with Crippen molar-refractivity contribution in [3.63, 3.8) is 0 Å². The fourth-order valence-corrected chi connectivity index (χ4v) is 2.97. The van der Waals surface area contributed by atoms with Crippen LogP contribution in [0.4, 0.5) is 0 Å². The molecule has 0 spiro atoms. The van der Waals surface area contributed by atoms with Gasteiger partial charge < -0.3 is 9.52 Å². The quantitative estimate of drug-likeness (QED) is 0.796. The molecule has 0 aliphatic rings. The number of nitrogens with zero attached hydrogens (tertiary/aromatic N) is 1. The standard InChI is InChI=1S/C17H21NO2S/c1-2-3-8-18(12-16-7-5-10-20-16)13-17-11-15(14-21-17)6-4-9-19/h5,7,10-11,14,19H,2-3,8-9,12-13H2,1H3. The second kappa shape index (κ2) is 8.68. The molecule has 0 bridgehead atoms. The van der Waals surface area contributed by atoms with Crippen molar-refractivity contribution in [1.82, 2.24) is 4.90 Å². The zero-order chi connectivity index (χ0) is 14.9. The lowest BCUT2D eigenvalue weighted by Crippen LogP contribution is -2.23. The van der Waals surface area contributed by atoms with Gasteiger partial charge in [-0.3, -0.25) is 4.90 Å². The summed E-state index contributed by atoms with van der Waals surface area (Å²) < 4.78 is 5.45. The molecule has 0 saturated carbocycles. The molecule has 0 aliphatic heterocycles. The maximum Gasteiger partial charge on any atom is 0.117 e. The fraction of sp³-hybridized carbons (Fsp3) is 0.412. The molecule has 4 heteroatoms. The summed E-state index contributed by atoms with van der Waals surface area (Å²) in [6, 6.07) is 6.06. The second-order valence-electron chi connectivity index (χ2n) is 4.91. The van der Waals surface area contributed by atoms with Gasteiger partial charge in [0.05, 0.1) is 12.8 Å². The molecule has 0 unspecified atom stereocenters. The van der Waals surface area contributed by atoms with Crippen LogP contribution in [0.2, 0.25) is 0 Å². The Morgan fingerprint density at radius 2 is 2.29 bits per heavy atom. The van der Waals surface area contributed by atoms with Crippen LogP contribution in [-0.4, -0.2) is 23.2 Å². The van der Waals surface area contributed by atoms with Gasteiger partial charge in [0.1, 0.15) is 12.4 Å². The molecular weight excluding hydrogens is 282 g/mol. The molecule has 0 fully saturated rings. The maximum absolute atomic E-state index is 8.73. The normalized spacial score (nSPS) is 10.6. The lowest BCUT2D eigenvalue weighted by molar-refractivity contribution is 0.234. The number of rotatable bonds is 7. The molecule has 2 aromatic rings. The minimum atomic E-state index is -0.0910. The smallest absolute Gasteiger partial charge is 0.117 e.